The molecule has 1 saturated carbocycles. The van der Waals surface area contributed by atoms with Gasteiger partial charge in [0.1, 0.15) is 0 Å². The number of allylic oxidation sites excluding steroid dienone is 2. The van der Waals surface area contributed by atoms with Gasteiger partial charge < -0.3 is 0 Å². The molecule has 0 N–H and O–H groups in total. The predicted molar refractivity (Wildman–Crippen MR) is 74.6 cm³/mol. The highest BCUT2D eigenvalue weighted by atomic mass is 16.2. The van der Waals surface area contributed by atoms with Crippen molar-refractivity contribution in [1.82, 2.24) is 0 Å². The summed E-state index contributed by atoms with van der Waals surface area (Å²) < 4.78 is 0. The molecule has 0 aromatic heterocycles. The number of amides is 2. The van der Waals surface area contributed by atoms with Crippen LogP contribution in [0, 0.1) is 36.0 Å². The van der Waals surface area contributed by atoms with Gasteiger partial charge in [-0.3, -0.25) is 9.59 Å². The summed E-state index contributed by atoms with van der Waals surface area (Å²) in [7, 11) is 0. The van der Waals surface area contributed by atoms with Gasteiger partial charge in [0.15, 0.2) is 0 Å². The summed E-state index contributed by atoms with van der Waals surface area (Å²) in [6.07, 6.45) is 10.5. The third-order valence-corrected chi connectivity index (χ3v) is 4.74. The van der Waals surface area contributed by atoms with Crippen molar-refractivity contribution >= 4 is 17.5 Å². The largest absolute Gasteiger partial charge is 0.274 e. The van der Waals surface area contributed by atoms with Crippen LogP contribution in [0.4, 0.5) is 5.69 Å². The third kappa shape index (κ3) is 1.31. The van der Waals surface area contributed by atoms with Crippen molar-refractivity contribution in [2.24, 2.45) is 23.7 Å². The molecule has 1 aromatic rings. The van der Waals surface area contributed by atoms with Crippen molar-refractivity contribution in [2.75, 3.05) is 4.90 Å². The monoisotopic (exact) mass is 263 g/mol. The van der Waals surface area contributed by atoms with E-state index >= 15 is 0 Å². The molecule has 4 atom stereocenters. The quantitative estimate of drug-likeness (QED) is 0.441. The molecule has 2 aliphatic carbocycles. The predicted octanol–water partition coefficient (Wildman–Crippen LogP) is 1.98. The maximum absolute atomic E-state index is 12.6. The summed E-state index contributed by atoms with van der Waals surface area (Å²) in [6.45, 7) is 0. The van der Waals surface area contributed by atoms with Crippen LogP contribution in [0.3, 0.4) is 0 Å². The number of terminal acetylenes is 1. The van der Waals surface area contributed by atoms with Gasteiger partial charge in [0.2, 0.25) is 11.8 Å². The van der Waals surface area contributed by atoms with Gasteiger partial charge in [0.25, 0.3) is 0 Å². The summed E-state index contributed by atoms with van der Waals surface area (Å²) in [6, 6.07) is 7.08. The minimum Gasteiger partial charge on any atom is -0.274 e. The maximum Gasteiger partial charge on any atom is 0.238 e. The summed E-state index contributed by atoms with van der Waals surface area (Å²) in [5.74, 6) is 2.57. The average Bonchev–Trinajstić information content (AvgIpc) is 3.13. The molecule has 98 valence electrons. The highest BCUT2D eigenvalue weighted by Gasteiger charge is 2.59. The summed E-state index contributed by atoms with van der Waals surface area (Å²) in [5.41, 5.74) is 1.28. The van der Waals surface area contributed by atoms with Gasteiger partial charge in [-0.15, -0.1) is 6.42 Å². The summed E-state index contributed by atoms with van der Waals surface area (Å²) in [5, 5.41) is 0. The number of hydrogen-bond acceptors (Lipinski definition) is 2. The molecular weight excluding hydrogens is 250 g/mol. The summed E-state index contributed by atoms with van der Waals surface area (Å²) >= 11 is 0. The minimum atomic E-state index is -0.160. The van der Waals surface area contributed by atoms with E-state index in [0.29, 0.717) is 11.3 Å². The van der Waals surface area contributed by atoms with Crippen molar-refractivity contribution in [3.05, 3.63) is 42.0 Å². The normalized spacial score (nSPS) is 33.6. The zero-order valence-electron chi connectivity index (χ0n) is 10.8. The van der Waals surface area contributed by atoms with Gasteiger partial charge in [-0.25, -0.2) is 4.90 Å². The number of benzene rings is 1. The first-order chi connectivity index (χ1) is 9.70. The number of fused-ring (bicyclic) bond motifs is 5. The topological polar surface area (TPSA) is 37.4 Å². The highest BCUT2D eigenvalue weighted by Crippen LogP contribution is 2.53. The zero-order chi connectivity index (χ0) is 13.9. The SMILES string of the molecule is C#Cc1cccc(N2C(=O)C3C4C=CC(C4)C3C2=O)c1. The number of carbonyl (C=O) groups is 2. The van der Waals surface area contributed by atoms with Crippen LogP contribution in [-0.4, -0.2) is 11.8 Å². The Morgan fingerprint density at radius 1 is 1.10 bits per heavy atom. The van der Waals surface area contributed by atoms with Crippen LogP contribution in [0.5, 0.6) is 0 Å². The molecule has 2 bridgehead atoms. The lowest BCUT2D eigenvalue weighted by atomic mass is 9.85. The van der Waals surface area contributed by atoms with Crippen LogP contribution in [0.1, 0.15) is 12.0 Å². The van der Waals surface area contributed by atoms with E-state index in [2.05, 4.69) is 18.1 Å². The first-order valence-electron chi connectivity index (χ1n) is 6.83. The standard InChI is InChI=1S/C17H13NO2/c1-2-10-4-3-5-13(8-10)18-16(19)14-11-6-7-12(9-11)15(14)17(18)20/h1,3-8,11-12,14-15H,9H2. The highest BCUT2D eigenvalue weighted by molar-refractivity contribution is 6.22. The maximum atomic E-state index is 12.6. The Morgan fingerprint density at radius 2 is 1.75 bits per heavy atom. The number of rotatable bonds is 1. The fourth-order valence-electron chi connectivity index (χ4n) is 3.89. The first kappa shape index (κ1) is 11.5. The van der Waals surface area contributed by atoms with Crippen molar-refractivity contribution in [3.63, 3.8) is 0 Å². The van der Waals surface area contributed by atoms with E-state index in [1.54, 1.807) is 24.3 Å². The smallest absolute Gasteiger partial charge is 0.238 e. The van der Waals surface area contributed by atoms with Gasteiger partial charge in [-0.2, -0.15) is 0 Å². The van der Waals surface area contributed by atoms with E-state index in [9.17, 15) is 9.59 Å². The van der Waals surface area contributed by atoms with Crippen LogP contribution in [-0.2, 0) is 9.59 Å². The second-order valence-corrected chi connectivity index (χ2v) is 5.71. The molecule has 2 amide bonds. The average molecular weight is 263 g/mol. The van der Waals surface area contributed by atoms with Crippen LogP contribution in [0.15, 0.2) is 36.4 Å². The fourth-order valence-corrected chi connectivity index (χ4v) is 3.89. The van der Waals surface area contributed by atoms with E-state index in [1.165, 1.54) is 4.90 Å². The lowest BCUT2D eigenvalue weighted by molar-refractivity contribution is -0.123. The zero-order valence-corrected chi connectivity index (χ0v) is 10.8. The van der Waals surface area contributed by atoms with Crippen LogP contribution in [0.25, 0.3) is 0 Å². The van der Waals surface area contributed by atoms with Crippen LogP contribution < -0.4 is 4.90 Å². The number of nitrogens with zero attached hydrogens (tertiary/aromatic N) is 1. The number of hydrogen-bond donors (Lipinski definition) is 0. The second-order valence-electron chi connectivity index (χ2n) is 5.71. The summed E-state index contributed by atoms with van der Waals surface area (Å²) in [4.78, 5) is 26.5. The lowest BCUT2D eigenvalue weighted by Gasteiger charge is -2.17. The van der Waals surface area contributed by atoms with Gasteiger partial charge >= 0.3 is 0 Å². The molecule has 4 rings (SSSR count). The van der Waals surface area contributed by atoms with Crippen molar-refractivity contribution < 1.29 is 9.59 Å². The molecule has 3 heteroatoms. The molecule has 1 aliphatic heterocycles. The molecule has 1 aromatic carbocycles. The van der Waals surface area contributed by atoms with E-state index in [0.717, 1.165) is 6.42 Å². The Kier molecular flexibility index (Phi) is 2.20. The van der Waals surface area contributed by atoms with E-state index in [1.807, 2.05) is 0 Å². The fraction of sp³-hybridized carbons (Fsp3) is 0.294. The number of anilines is 1. The number of imide groups is 1. The molecule has 1 heterocycles. The van der Waals surface area contributed by atoms with Crippen LogP contribution in [0.2, 0.25) is 0 Å². The Balaban J connectivity index is 1.76. The van der Waals surface area contributed by atoms with E-state index in [-0.39, 0.29) is 35.5 Å². The Labute approximate surface area is 117 Å². The van der Waals surface area contributed by atoms with E-state index < -0.39 is 0 Å². The molecule has 3 nitrogen and oxygen atoms in total. The first-order valence-corrected chi connectivity index (χ1v) is 6.83. The Hall–Kier alpha value is -2.34. The molecule has 4 unspecified atom stereocenters. The second kappa shape index (κ2) is 3.83. The lowest BCUT2D eigenvalue weighted by Crippen LogP contribution is -2.32. The number of carbonyl (C=O) groups excluding carboxylic acids is 2. The Morgan fingerprint density at radius 3 is 2.35 bits per heavy atom. The van der Waals surface area contributed by atoms with Gasteiger partial charge in [-0.05, 0) is 36.5 Å². The minimum absolute atomic E-state index is 0.0639. The van der Waals surface area contributed by atoms with Crippen LogP contribution >= 0.6 is 0 Å². The molecule has 3 aliphatic rings. The molecule has 1 saturated heterocycles. The van der Waals surface area contributed by atoms with Gasteiger partial charge in [-0.1, -0.05) is 24.1 Å². The van der Waals surface area contributed by atoms with Crippen molar-refractivity contribution in [1.29, 1.82) is 0 Å². The molecule has 0 spiro atoms. The third-order valence-electron chi connectivity index (χ3n) is 4.74. The van der Waals surface area contributed by atoms with E-state index in [4.69, 9.17) is 6.42 Å². The van der Waals surface area contributed by atoms with Gasteiger partial charge in [0.05, 0.1) is 17.5 Å². The molecular formula is C17H13NO2. The molecule has 20 heavy (non-hydrogen) atoms. The Bertz CT molecular complexity index is 667. The molecule has 0 radical (unpaired) electrons. The van der Waals surface area contributed by atoms with Crippen molar-refractivity contribution in [2.45, 2.75) is 6.42 Å². The van der Waals surface area contributed by atoms with Gasteiger partial charge in [0, 0.05) is 5.56 Å². The molecule has 2 fully saturated rings. The van der Waals surface area contributed by atoms with Crippen molar-refractivity contribution in [3.8, 4) is 12.3 Å².